The zero-order valence-electron chi connectivity index (χ0n) is 8.70. The molecule has 0 amide bonds. The molecule has 15 heavy (non-hydrogen) atoms. The van der Waals surface area contributed by atoms with E-state index in [1.165, 1.54) is 27.3 Å². The summed E-state index contributed by atoms with van der Waals surface area (Å²) in [6.45, 7) is 2.15. The van der Waals surface area contributed by atoms with Crippen molar-refractivity contribution in [3.05, 3.63) is 48.0 Å². The monoisotopic (exact) mass is 232 g/mol. The van der Waals surface area contributed by atoms with Gasteiger partial charge in [-0.15, -0.1) is 18.5 Å². The van der Waals surface area contributed by atoms with Crippen molar-refractivity contribution in [3.63, 3.8) is 0 Å². The highest BCUT2D eigenvalue weighted by molar-refractivity contribution is 7.27. The number of hydrogen-bond acceptors (Lipinski definition) is 0. The first-order valence-electron chi connectivity index (χ1n) is 4.89. The molecule has 76 valence electrons. The molecule has 0 aliphatic carbocycles. The summed E-state index contributed by atoms with van der Waals surface area (Å²) in [6, 6.07) is 15.0. The SMILES string of the molecule is Cc1cc(P)ccc1-c1ccc(P)cc1. The standard InChI is InChI=1S/C13H14P2/c1-9-8-12(15)6-7-13(9)10-2-4-11(14)5-3-10/h2-8H,14-15H2,1H3. The van der Waals surface area contributed by atoms with Gasteiger partial charge in [0.1, 0.15) is 0 Å². The fourth-order valence-electron chi connectivity index (χ4n) is 1.67. The Morgan fingerprint density at radius 2 is 1.40 bits per heavy atom. The van der Waals surface area contributed by atoms with Crippen LogP contribution in [0.3, 0.4) is 0 Å². The second-order valence-corrected chi connectivity index (χ2v) is 5.03. The number of benzene rings is 2. The summed E-state index contributed by atoms with van der Waals surface area (Å²) in [6.07, 6.45) is 0. The zero-order valence-corrected chi connectivity index (χ0v) is 11.0. The van der Waals surface area contributed by atoms with Crippen LogP contribution in [0.2, 0.25) is 0 Å². The van der Waals surface area contributed by atoms with Crippen LogP contribution < -0.4 is 10.6 Å². The van der Waals surface area contributed by atoms with Gasteiger partial charge < -0.3 is 0 Å². The van der Waals surface area contributed by atoms with E-state index in [4.69, 9.17) is 0 Å². The molecule has 0 aromatic heterocycles. The molecule has 0 nitrogen and oxygen atoms in total. The molecule has 2 rings (SSSR count). The lowest BCUT2D eigenvalue weighted by Gasteiger charge is -2.07. The van der Waals surface area contributed by atoms with E-state index in [1.54, 1.807) is 0 Å². The Bertz CT molecular complexity index is 472. The summed E-state index contributed by atoms with van der Waals surface area (Å²) in [5, 5.41) is 2.46. The molecular weight excluding hydrogens is 218 g/mol. The van der Waals surface area contributed by atoms with E-state index in [9.17, 15) is 0 Å². The number of rotatable bonds is 1. The molecule has 0 heterocycles. The van der Waals surface area contributed by atoms with E-state index in [2.05, 4.69) is 67.9 Å². The topological polar surface area (TPSA) is 0 Å². The Morgan fingerprint density at radius 1 is 0.800 bits per heavy atom. The van der Waals surface area contributed by atoms with Crippen LogP contribution in [0.4, 0.5) is 0 Å². The van der Waals surface area contributed by atoms with Crippen molar-refractivity contribution in [1.82, 2.24) is 0 Å². The van der Waals surface area contributed by atoms with Crippen LogP contribution in [0.25, 0.3) is 11.1 Å². The maximum absolute atomic E-state index is 2.73. The normalized spacial score (nSPS) is 10.3. The van der Waals surface area contributed by atoms with Gasteiger partial charge in [-0.25, -0.2) is 0 Å². The molecule has 0 spiro atoms. The number of aryl methyl sites for hydroxylation is 1. The van der Waals surface area contributed by atoms with Crippen LogP contribution in [0.1, 0.15) is 5.56 Å². The Morgan fingerprint density at radius 3 is 2.00 bits per heavy atom. The molecule has 0 fully saturated rings. The van der Waals surface area contributed by atoms with Gasteiger partial charge in [-0.3, -0.25) is 0 Å². The lowest BCUT2D eigenvalue weighted by atomic mass is 10.0. The first-order chi connectivity index (χ1) is 7.16. The molecule has 2 unspecified atom stereocenters. The fourth-order valence-corrected chi connectivity index (χ4v) is 2.21. The summed E-state index contributed by atoms with van der Waals surface area (Å²) in [5.41, 5.74) is 3.91. The van der Waals surface area contributed by atoms with Crippen LogP contribution in [0.5, 0.6) is 0 Å². The second-order valence-electron chi connectivity index (χ2n) is 3.70. The summed E-state index contributed by atoms with van der Waals surface area (Å²) in [5.74, 6) is 0. The highest BCUT2D eigenvalue weighted by Gasteiger charge is 2.00. The smallest absolute Gasteiger partial charge is 0.0154 e. The van der Waals surface area contributed by atoms with Crippen molar-refractivity contribution in [2.75, 3.05) is 0 Å². The second kappa shape index (κ2) is 4.44. The predicted octanol–water partition coefficient (Wildman–Crippen LogP) is 2.66. The van der Waals surface area contributed by atoms with Gasteiger partial charge in [0.05, 0.1) is 0 Å². The molecule has 2 aromatic rings. The summed E-state index contributed by atoms with van der Waals surface area (Å²) in [4.78, 5) is 0. The van der Waals surface area contributed by atoms with Crippen molar-refractivity contribution in [1.29, 1.82) is 0 Å². The van der Waals surface area contributed by atoms with E-state index in [0.29, 0.717) is 0 Å². The van der Waals surface area contributed by atoms with E-state index in [0.717, 1.165) is 0 Å². The van der Waals surface area contributed by atoms with Crippen molar-refractivity contribution in [2.45, 2.75) is 6.92 Å². The van der Waals surface area contributed by atoms with Crippen LogP contribution in [-0.2, 0) is 0 Å². The van der Waals surface area contributed by atoms with Gasteiger partial charge in [0.15, 0.2) is 0 Å². The summed E-state index contributed by atoms with van der Waals surface area (Å²) in [7, 11) is 5.43. The van der Waals surface area contributed by atoms with E-state index < -0.39 is 0 Å². The van der Waals surface area contributed by atoms with E-state index >= 15 is 0 Å². The minimum Gasteiger partial charge on any atom is -0.106 e. The summed E-state index contributed by atoms with van der Waals surface area (Å²) < 4.78 is 0. The van der Waals surface area contributed by atoms with Crippen molar-refractivity contribution < 1.29 is 0 Å². The molecule has 0 saturated heterocycles. The first-order valence-corrected chi connectivity index (χ1v) is 6.04. The van der Waals surface area contributed by atoms with Gasteiger partial charge >= 0.3 is 0 Å². The molecule has 0 saturated carbocycles. The summed E-state index contributed by atoms with van der Waals surface area (Å²) >= 11 is 0. The fraction of sp³-hybridized carbons (Fsp3) is 0.0769. The van der Waals surface area contributed by atoms with Gasteiger partial charge in [0, 0.05) is 0 Å². The third-order valence-electron chi connectivity index (χ3n) is 2.47. The van der Waals surface area contributed by atoms with Crippen LogP contribution in [0, 0.1) is 6.92 Å². The third-order valence-corrected chi connectivity index (χ3v) is 3.22. The number of hydrogen-bond donors (Lipinski definition) is 0. The molecule has 0 N–H and O–H groups in total. The van der Waals surface area contributed by atoms with Crippen LogP contribution in [-0.4, -0.2) is 0 Å². The Balaban J connectivity index is 2.49. The van der Waals surface area contributed by atoms with Crippen LogP contribution >= 0.6 is 18.5 Å². The van der Waals surface area contributed by atoms with Crippen molar-refractivity contribution in [2.24, 2.45) is 0 Å². The predicted molar refractivity (Wildman–Crippen MR) is 75.3 cm³/mol. The van der Waals surface area contributed by atoms with E-state index in [-0.39, 0.29) is 0 Å². The van der Waals surface area contributed by atoms with Gasteiger partial charge in [0.2, 0.25) is 0 Å². The largest absolute Gasteiger partial charge is 0.106 e. The maximum atomic E-state index is 2.73. The molecule has 0 aliphatic rings. The minimum absolute atomic E-state index is 1.22. The highest BCUT2D eigenvalue weighted by Crippen LogP contribution is 2.22. The van der Waals surface area contributed by atoms with Crippen molar-refractivity contribution in [3.8, 4) is 11.1 Å². The minimum atomic E-state index is 1.22. The molecule has 2 heteroatoms. The Labute approximate surface area is 95.5 Å². The maximum Gasteiger partial charge on any atom is -0.0154 e. The van der Waals surface area contributed by atoms with Gasteiger partial charge in [-0.1, -0.05) is 42.5 Å². The molecule has 0 radical (unpaired) electrons. The third kappa shape index (κ3) is 2.46. The zero-order chi connectivity index (χ0) is 10.8. The van der Waals surface area contributed by atoms with Gasteiger partial charge in [0.25, 0.3) is 0 Å². The molecule has 2 aromatic carbocycles. The molecule has 0 aliphatic heterocycles. The molecular formula is C13H14P2. The van der Waals surface area contributed by atoms with Gasteiger partial charge in [-0.05, 0) is 34.2 Å². The quantitative estimate of drug-likeness (QED) is 0.663. The van der Waals surface area contributed by atoms with Crippen molar-refractivity contribution >= 4 is 29.1 Å². The first kappa shape index (κ1) is 10.8. The molecule has 0 bridgehead atoms. The van der Waals surface area contributed by atoms with Gasteiger partial charge in [-0.2, -0.15) is 0 Å². The molecule has 2 atom stereocenters. The lowest BCUT2D eigenvalue weighted by Crippen LogP contribution is -1.94. The Hall–Kier alpha value is -0.700. The average Bonchev–Trinajstić information content (AvgIpc) is 2.20. The highest BCUT2D eigenvalue weighted by atomic mass is 31.0. The average molecular weight is 232 g/mol. The lowest BCUT2D eigenvalue weighted by molar-refractivity contribution is 1.48. The van der Waals surface area contributed by atoms with Crippen LogP contribution in [0.15, 0.2) is 42.5 Å². The Kier molecular flexibility index (Phi) is 3.19. The van der Waals surface area contributed by atoms with E-state index in [1.807, 2.05) is 0 Å².